The Hall–Kier alpha value is -2.15. The quantitative estimate of drug-likeness (QED) is 0.522. The van der Waals surface area contributed by atoms with Crippen molar-refractivity contribution in [1.82, 2.24) is 10.6 Å². The minimum atomic E-state index is -0.612. The van der Waals surface area contributed by atoms with Gasteiger partial charge in [-0.05, 0) is 18.2 Å². The zero-order valence-corrected chi connectivity index (χ0v) is 9.70. The van der Waals surface area contributed by atoms with Gasteiger partial charge in [0.2, 0.25) is 5.91 Å². The maximum Gasteiger partial charge on any atom is 0.312 e. The van der Waals surface area contributed by atoms with E-state index in [0.29, 0.717) is 18.7 Å². The maximum absolute atomic E-state index is 13.4. The number of carbonyl (C=O) groups is 2. The van der Waals surface area contributed by atoms with Crippen molar-refractivity contribution < 1.29 is 14.0 Å². The van der Waals surface area contributed by atoms with Crippen LogP contribution in [-0.4, -0.2) is 25.0 Å². The van der Waals surface area contributed by atoms with E-state index in [1.165, 1.54) is 18.2 Å². The van der Waals surface area contributed by atoms with Gasteiger partial charge in [-0.1, -0.05) is 0 Å². The van der Waals surface area contributed by atoms with E-state index in [1.807, 2.05) is 0 Å². The SMILES string of the molecule is NC(=O)NCCNCc1cc(C(N)=O)ccc1F. The Bertz CT molecular complexity index is 451. The van der Waals surface area contributed by atoms with Crippen LogP contribution in [0, 0.1) is 5.82 Å². The molecule has 0 aliphatic carbocycles. The summed E-state index contributed by atoms with van der Waals surface area (Å²) < 4.78 is 13.4. The number of carbonyl (C=O) groups excluding carboxylic acids is 2. The van der Waals surface area contributed by atoms with E-state index < -0.39 is 17.8 Å². The molecule has 7 heteroatoms. The van der Waals surface area contributed by atoms with Crippen LogP contribution in [0.15, 0.2) is 18.2 Å². The molecule has 3 amide bonds. The standard InChI is InChI=1S/C11H15FN4O2/c12-9-2-1-7(10(13)17)5-8(9)6-15-3-4-16-11(14)18/h1-2,5,15H,3-4,6H2,(H2,13,17)(H3,14,16,18). The lowest BCUT2D eigenvalue weighted by atomic mass is 10.1. The van der Waals surface area contributed by atoms with Crippen LogP contribution in [0.3, 0.4) is 0 Å². The first-order chi connectivity index (χ1) is 8.50. The molecule has 0 radical (unpaired) electrons. The number of rotatable bonds is 6. The van der Waals surface area contributed by atoms with Gasteiger partial charge in [-0.2, -0.15) is 0 Å². The maximum atomic E-state index is 13.4. The molecule has 0 bridgehead atoms. The van der Waals surface area contributed by atoms with E-state index in [2.05, 4.69) is 10.6 Å². The third kappa shape index (κ3) is 4.38. The number of nitrogens with two attached hydrogens (primary N) is 2. The lowest BCUT2D eigenvalue weighted by Crippen LogP contribution is -2.35. The Morgan fingerprint density at radius 2 is 1.94 bits per heavy atom. The minimum absolute atomic E-state index is 0.230. The monoisotopic (exact) mass is 254 g/mol. The average molecular weight is 254 g/mol. The Balaban J connectivity index is 2.48. The zero-order valence-electron chi connectivity index (χ0n) is 9.70. The van der Waals surface area contributed by atoms with Crippen LogP contribution in [0.25, 0.3) is 0 Å². The molecule has 0 saturated heterocycles. The first-order valence-corrected chi connectivity index (χ1v) is 5.33. The van der Waals surface area contributed by atoms with Gasteiger partial charge in [0.15, 0.2) is 0 Å². The van der Waals surface area contributed by atoms with E-state index >= 15 is 0 Å². The molecule has 1 rings (SSSR count). The third-order valence-electron chi connectivity index (χ3n) is 2.25. The van der Waals surface area contributed by atoms with E-state index in [-0.39, 0.29) is 12.1 Å². The molecule has 98 valence electrons. The fraction of sp³-hybridized carbons (Fsp3) is 0.273. The van der Waals surface area contributed by atoms with Crippen LogP contribution >= 0.6 is 0 Å². The van der Waals surface area contributed by atoms with Crippen molar-refractivity contribution in [3.8, 4) is 0 Å². The van der Waals surface area contributed by atoms with Crippen LogP contribution in [0.5, 0.6) is 0 Å². The van der Waals surface area contributed by atoms with Crippen LogP contribution in [0.4, 0.5) is 9.18 Å². The zero-order chi connectivity index (χ0) is 13.5. The molecule has 0 unspecified atom stereocenters. The van der Waals surface area contributed by atoms with E-state index in [0.717, 1.165) is 0 Å². The van der Waals surface area contributed by atoms with Gasteiger partial charge < -0.3 is 22.1 Å². The summed E-state index contributed by atoms with van der Waals surface area (Å²) in [5, 5.41) is 5.29. The Morgan fingerprint density at radius 3 is 2.56 bits per heavy atom. The first-order valence-electron chi connectivity index (χ1n) is 5.33. The predicted octanol–water partition coefficient (Wildman–Crippen LogP) is -0.318. The molecule has 0 aliphatic rings. The predicted molar refractivity (Wildman–Crippen MR) is 64.2 cm³/mol. The fourth-order valence-corrected chi connectivity index (χ4v) is 1.36. The molecule has 18 heavy (non-hydrogen) atoms. The highest BCUT2D eigenvalue weighted by Gasteiger charge is 2.06. The van der Waals surface area contributed by atoms with Gasteiger partial charge in [-0.3, -0.25) is 4.79 Å². The molecular formula is C11H15FN4O2. The molecule has 0 atom stereocenters. The molecule has 1 aromatic rings. The van der Waals surface area contributed by atoms with Gasteiger partial charge in [0, 0.05) is 30.8 Å². The van der Waals surface area contributed by atoms with Crippen molar-refractivity contribution >= 4 is 11.9 Å². The summed E-state index contributed by atoms with van der Waals surface area (Å²) in [7, 11) is 0. The van der Waals surface area contributed by atoms with Gasteiger partial charge in [0.05, 0.1) is 0 Å². The summed E-state index contributed by atoms with van der Waals surface area (Å²) in [6.45, 7) is 1.00. The van der Waals surface area contributed by atoms with Crippen molar-refractivity contribution in [1.29, 1.82) is 0 Å². The largest absolute Gasteiger partial charge is 0.366 e. The average Bonchev–Trinajstić information content (AvgIpc) is 2.30. The Kier molecular flexibility index (Phi) is 5.06. The van der Waals surface area contributed by atoms with Gasteiger partial charge in [0.1, 0.15) is 5.82 Å². The second kappa shape index (κ2) is 6.55. The molecule has 0 spiro atoms. The number of benzene rings is 1. The molecule has 6 nitrogen and oxygen atoms in total. The van der Waals surface area contributed by atoms with Crippen LogP contribution in [0.2, 0.25) is 0 Å². The van der Waals surface area contributed by atoms with Gasteiger partial charge >= 0.3 is 6.03 Å². The number of halogens is 1. The normalized spacial score (nSPS) is 10.1. The summed E-state index contributed by atoms with van der Waals surface area (Å²) in [4.78, 5) is 21.3. The number of nitrogens with one attached hydrogen (secondary N) is 2. The molecule has 1 aromatic carbocycles. The third-order valence-corrected chi connectivity index (χ3v) is 2.25. The summed E-state index contributed by atoms with van der Waals surface area (Å²) in [6.07, 6.45) is 0. The van der Waals surface area contributed by atoms with Crippen molar-refractivity contribution in [3.63, 3.8) is 0 Å². The van der Waals surface area contributed by atoms with E-state index in [1.54, 1.807) is 0 Å². The highest BCUT2D eigenvalue weighted by atomic mass is 19.1. The van der Waals surface area contributed by atoms with Crippen molar-refractivity contribution in [2.24, 2.45) is 11.5 Å². The molecule has 0 fully saturated rings. The van der Waals surface area contributed by atoms with Gasteiger partial charge in [-0.15, -0.1) is 0 Å². The number of hydrogen-bond donors (Lipinski definition) is 4. The van der Waals surface area contributed by atoms with Crippen LogP contribution in [0.1, 0.15) is 15.9 Å². The van der Waals surface area contributed by atoms with Crippen molar-refractivity contribution in [2.45, 2.75) is 6.54 Å². The number of urea groups is 1. The fourth-order valence-electron chi connectivity index (χ4n) is 1.36. The molecule has 0 aromatic heterocycles. The van der Waals surface area contributed by atoms with Crippen molar-refractivity contribution in [3.05, 3.63) is 35.1 Å². The van der Waals surface area contributed by atoms with E-state index in [9.17, 15) is 14.0 Å². The number of hydrogen-bond acceptors (Lipinski definition) is 3. The second-order valence-corrected chi connectivity index (χ2v) is 3.64. The minimum Gasteiger partial charge on any atom is -0.366 e. The van der Waals surface area contributed by atoms with E-state index in [4.69, 9.17) is 11.5 Å². The van der Waals surface area contributed by atoms with Crippen LogP contribution < -0.4 is 22.1 Å². The molecular weight excluding hydrogens is 239 g/mol. The lowest BCUT2D eigenvalue weighted by molar-refractivity contribution is 0.1000. The summed E-state index contributed by atoms with van der Waals surface area (Å²) in [5.74, 6) is -1.03. The molecule has 0 saturated carbocycles. The lowest BCUT2D eigenvalue weighted by Gasteiger charge is -2.07. The number of primary amides is 2. The second-order valence-electron chi connectivity index (χ2n) is 3.64. The summed E-state index contributed by atoms with van der Waals surface area (Å²) in [5.41, 5.74) is 10.6. The van der Waals surface area contributed by atoms with Gasteiger partial charge in [-0.25, -0.2) is 9.18 Å². The molecule has 6 N–H and O–H groups in total. The highest BCUT2D eigenvalue weighted by Crippen LogP contribution is 2.09. The van der Waals surface area contributed by atoms with Crippen molar-refractivity contribution in [2.75, 3.05) is 13.1 Å². The summed E-state index contributed by atoms with van der Waals surface area (Å²) >= 11 is 0. The van der Waals surface area contributed by atoms with Gasteiger partial charge in [0.25, 0.3) is 0 Å². The van der Waals surface area contributed by atoms with Crippen LogP contribution in [-0.2, 0) is 6.54 Å². The first kappa shape index (κ1) is 13.9. The number of amides is 3. The Morgan fingerprint density at radius 1 is 1.22 bits per heavy atom. The highest BCUT2D eigenvalue weighted by molar-refractivity contribution is 5.92. The molecule has 0 aliphatic heterocycles. The smallest absolute Gasteiger partial charge is 0.312 e. The Labute approximate surface area is 104 Å². The topological polar surface area (TPSA) is 110 Å². The molecule has 0 heterocycles. The summed E-state index contributed by atoms with van der Waals surface area (Å²) in [6, 6.07) is 3.31.